The molecule has 0 aromatic heterocycles. The summed E-state index contributed by atoms with van der Waals surface area (Å²) in [5.41, 5.74) is 1.39. The maximum Gasteiger partial charge on any atom is 0.244 e. The van der Waals surface area contributed by atoms with Gasteiger partial charge in [0.2, 0.25) is 21.8 Å². The molecule has 42 heavy (non-hydrogen) atoms. The van der Waals surface area contributed by atoms with Gasteiger partial charge in [0.25, 0.3) is 0 Å². The van der Waals surface area contributed by atoms with Gasteiger partial charge in [0.05, 0.1) is 11.9 Å². The van der Waals surface area contributed by atoms with Gasteiger partial charge in [0.1, 0.15) is 12.6 Å². The first-order valence-corrected chi connectivity index (χ1v) is 16.8. The monoisotopic (exact) mass is 669 g/mol. The first-order chi connectivity index (χ1) is 19.9. The Hall–Kier alpha value is -2.49. The van der Waals surface area contributed by atoms with Crippen molar-refractivity contribution in [2.45, 2.75) is 50.7 Å². The molecule has 0 saturated heterocycles. The van der Waals surface area contributed by atoms with Crippen LogP contribution in [-0.4, -0.2) is 50.0 Å². The zero-order valence-corrected chi connectivity index (χ0v) is 26.7. The lowest BCUT2D eigenvalue weighted by atomic mass is 10.0. The van der Waals surface area contributed by atoms with E-state index in [4.69, 9.17) is 46.4 Å². The number of sulfonamides is 1. The van der Waals surface area contributed by atoms with Crippen LogP contribution in [0.3, 0.4) is 0 Å². The van der Waals surface area contributed by atoms with Crippen molar-refractivity contribution >= 4 is 73.9 Å². The highest BCUT2D eigenvalue weighted by Crippen LogP contribution is 2.30. The molecule has 0 bridgehead atoms. The van der Waals surface area contributed by atoms with Crippen LogP contribution in [0.5, 0.6) is 0 Å². The van der Waals surface area contributed by atoms with E-state index in [-0.39, 0.29) is 40.6 Å². The van der Waals surface area contributed by atoms with Crippen molar-refractivity contribution < 1.29 is 18.0 Å². The number of halogens is 4. The second kappa shape index (κ2) is 14.3. The molecular formula is C30H31Cl4N3O4S. The minimum atomic E-state index is -3.98. The molecule has 2 amide bonds. The smallest absolute Gasteiger partial charge is 0.244 e. The average Bonchev–Trinajstić information content (AvgIpc) is 3.43. The number of anilines is 1. The Morgan fingerprint density at radius 2 is 1.50 bits per heavy atom. The molecule has 1 fully saturated rings. The zero-order valence-electron chi connectivity index (χ0n) is 22.9. The summed E-state index contributed by atoms with van der Waals surface area (Å²) in [6.45, 7) is -0.736. The van der Waals surface area contributed by atoms with Crippen molar-refractivity contribution in [3.63, 3.8) is 0 Å². The van der Waals surface area contributed by atoms with E-state index in [0.29, 0.717) is 15.6 Å². The molecule has 0 aliphatic heterocycles. The quantitative estimate of drug-likeness (QED) is 0.244. The lowest BCUT2D eigenvalue weighted by molar-refractivity contribution is -0.140. The van der Waals surface area contributed by atoms with Crippen LogP contribution in [0.1, 0.15) is 36.8 Å². The van der Waals surface area contributed by atoms with E-state index in [9.17, 15) is 18.0 Å². The van der Waals surface area contributed by atoms with Crippen molar-refractivity contribution in [1.82, 2.24) is 10.2 Å². The van der Waals surface area contributed by atoms with Crippen LogP contribution >= 0.6 is 46.4 Å². The molecule has 1 N–H and O–H groups in total. The topological polar surface area (TPSA) is 86.8 Å². The summed E-state index contributed by atoms with van der Waals surface area (Å²) in [6, 6.07) is 17.6. The number of hydrogen-bond donors (Lipinski definition) is 1. The molecule has 12 heteroatoms. The van der Waals surface area contributed by atoms with Crippen LogP contribution in [0.4, 0.5) is 5.69 Å². The fourth-order valence-corrected chi connectivity index (χ4v) is 6.94. The molecule has 4 rings (SSSR count). The molecular weight excluding hydrogens is 640 g/mol. The highest BCUT2D eigenvalue weighted by atomic mass is 35.5. The van der Waals surface area contributed by atoms with Gasteiger partial charge in [-0.15, -0.1) is 0 Å². The first-order valence-electron chi connectivity index (χ1n) is 13.4. The van der Waals surface area contributed by atoms with E-state index in [2.05, 4.69) is 5.32 Å². The van der Waals surface area contributed by atoms with E-state index in [0.717, 1.165) is 41.8 Å². The SMILES string of the molecule is CS(=O)(=O)N(CC(=O)N(Cc1c(Cl)cccc1Cl)[C@@H](Cc1ccccc1)C(=O)NC1CCCC1)c1cc(Cl)cc(Cl)c1. The molecule has 1 atom stereocenters. The summed E-state index contributed by atoms with van der Waals surface area (Å²) >= 11 is 25.4. The number of nitrogens with zero attached hydrogens (tertiary/aromatic N) is 2. The second-order valence-corrected chi connectivity index (χ2v) is 13.9. The Kier molecular flexibility index (Phi) is 11.1. The molecule has 3 aromatic rings. The summed E-state index contributed by atoms with van der Waals surface area (Å²) in [5.74, 6) is -0.964. The number of hydrogen-bond acceptors (Lipinski definition) is 4. The maximum atomic E-state index is 14.2. The Labute approximate surface area is 266 Å². The average molecular weight is 671 g/mol. The van der Waals surface area contributed by atoms with Gasteiger partial charge in [-0.2, -0.15) is 0 Å². The standard InChI is InChI=1S/C30H31Cl4N3O4S/c1-42(40,41)37(24-16-21(31)15-22(32)17-24)19-29(38)36(18-25-26(33)12-7-13-27(25)34)28(14-20-8-3-2-4-9-20)30(39)35-23-10-5-6-11-23/h2-4,7-9,12-13,15-17,23,28H,5-6,10-11,14,18-19H2,1H3,(H,35,39)/t28-/m0/s1. The molecule has 7 nitrogen and oxygen atoms in total. The van der Waals surface area contributed by atoms with Crippen molar-refractivity contribution in [2.24, 2.45) is 0 Å². The van der Waals surface area contributed by atoms with Crippen molar-refractivity contribution in [3.05, 3.63) is 97.9 Å². The lowest BCUT2D eigenvalue weighted by Crippen LogP contribution is -2.54. The van der Waals surface area contributed by atoms with Crippen LogP contribution in [0.25, 0.3) is 0 Å². The Balaban J connectivity index is 1.77. The van der Waals surface area contributed by atoms with E-state index >= 15 is 0 Å². The first kappa shape index (κ1) is 32.4. The van der Waals surface area contributed by atoms with Gasteiger partial charge in [-0.25, -0.2) is 8.42 Å². The fraction of sp³-hybridized carbons (Fsp3) is 0.333. The highest BCUT2D eigenvalue weighted by Gasteiger charge is 2.35. The normalized spacial score (nSPS) is 14.4. The third kappa shape index (κ3) is 8.54. The van der Waals surface area contributed by atoms with Gasteiger partial charge in [-0.05, 0) is 48.7 Å². The van der Waals surface area contributed by atoms with Gasteiger partial charge >= 0.3 is 0 Å². The van der Waals surface area contributed by atoms with Crippen LogP contribution in [0.2, 0.25) is 20.1 Å². The second-order valence-electron chi connectivity index (χ2n) is 10.3. The van der Waals surface area contributed by atoms with E-state index in [1.165, 1.54) is 23.1 Å². The van der Waals surface area contributed by atoms with Crippen molar-refractivity contribution in [3.8, 4) is 0 Å². The van der Waals surface area contributed by atoms with Crippen LogP contribution in [-0.2, 0) is 32.6 Å². The third-order valence-electron chi connectivity index (χ3n) is 7.18. The minimum Gasteiger partial charge on any atom is -0.352 e. The molecule has 3 aromatic carbocycles. The molecule has 224 valence electrons. The number of benzene rings is 3. The Morgan fingerprint density at radius 1 is 0.905 bits per heavy atom. The van der Waals surface area contributed by atoms with Gasteiger partial charge in [-0.1, -0.05) is 95.6 Å². The summed E-state index contributed by atoms with van der Waals surface area (Å²) < 4.78 is 26.8. The Morgan fingerprint density at radius 3 is 2.07 bits per heavy atom. The number of carbonyl (C=O) groups excluding carboxylic acids is 2. The number of carbonyl (C=O) groups is 2. The van der Waals surface area contributed by atoms with Crippen molar-refractivity contribution in [2.75, 3.05) is 17.1 Å². The van der Waals surface area contributed by atoms with Gasteiger partial charge in [-0.3, -0.25) is 13.9 Å². The predicted octanol–water partition coefficient (Wildman–Crippen LogP) is 6.77. The largest absolute Gasteiger partial charge is 0.352 e. The summed E-state index contributed by atoms with van der Waals surface area (Å²) in [6.07, 6.45) is 4.90. The van der Waals surface area contributed by atoms with Crippen LogP contribution in [0.15, 0.2) is 66.7 Å². The van der Waals surface area contributed by atoms with Gasteiger partial charge < -0.3 is 10.2 Å². The van der Waals surface area contributed by atoms with Gasteiger partial charge in [0, 0.05) is 44.7 Å². The van der Waals surface area contributed by atoms with E-state index in [1.54, 1.807) is 18.2 Å². The molecule has 1 aliphatic rings. The molecule has 0 unspecified atom stereocenters. The van der Waals surface area contributed by atoms with E-state index in [1.807, 2.05) is 30.3 Å². The van der Waals surface area contributed by atoms with Crippen molar-refractivity contribution in [1.29, 1.82) is 0 Å². The Bertz CT molecular complexity index is 1490. The third-order valence-corrected chi connectivity index (χ3v) is 9.46. The number of amides is 2. The van der Waals surface area contributed by atoms with Crippen LogP contribution < -0.4 is 9.62 Å². The predicted molar refractivity (Wildman–Crippen MR) is 170 cm³/mol. The lowest BCUT2D eigenvalue weighted by Gasteiger charge is -2.34. The summed E-state index contributed by atoms with van der Waals surface area (Å²) in [5, 5.41) is 4.16. The van der Waals surface area contributed by atoms with Gasteiger partial charge in [0.15, 0.2) is 0 Å². The van der Waals surface area contributed by atoms with Crippen LogP contribution in [0, 0.1) is 0 Å². The minimum absolute atomic E-state index is 0.00209. The zero-order chi connectivity index (χ0) is 30.4. The molecule has 0 heterocycles. The molecule has 0 radical (unpaired) electrons. The molecule has 1 aliphatic carbocycles. The fourth-order valence-electron chi connectivity index (χ4n) is 5.07. The maximum absolute atomic E-state index is 14.2. The number of rotatable bonds is 11. The molecule has 1 saturated carbocycles. The number of nitrogens with one attached hydrogen (secondary N) is 1. The summed E-state index contributed by atoms with van der Waals surface area (Å²) in [7, 11) is -3.98. The van der Waals surface area contributed by atoms with E-state index < -0.39 is 28.5 Å². The summed E-state index contributed by atoms with van der Waals surface area (Å²) in [4.78, 5) is 29.5. The molecule has 0 spiro atoms. The highest BCUT2D eigenvalue weighted by molar-refractivity contribution is 7.92.